The number of thiophene rings is 1. The Morgan fingerprint density at radius 3 is 2.50 bits per heavy atom. The Kier molecular flexibility index (Phi) is 5.43. The summed E-state index contributed by atoms with van der Waals surface area (Å²) in [6.45, 7) is 3.63. The number of rotatable bonds is 5. The van der Waals surface area contributed by atoms with E-state index >= 15 is 0 Å². The monoisotopic (exact) mass is 315 g/mol. The molecular formula is C16H17N3O2S. The number of carbonyl (C=O) groups is 2. The highest BCUT2D eigenvalue weighted by molar-refractivity contribution is 7.12. The van der Waals surface area contributed by atoms with Crippen molar-refractivity contribution in [2.75, 3.05) is 5.32 Å². The van der Waals surface area contributed by atoms with E-state index in [9.17, 15) is 9.59 Å². The highest BCUT2D eigenvalue weighted by atomic mass is 32.1. The van der Waals surface area contributed by atoms with Crippen molar-refractivity contribution in [3.8, 4) is 0 Å². The molecule has 0 aliphatic heterocycles. The Labute approximate surface area is 133 Å². The molecule has 2 aromatic rings. The van der Waals surface area contributed by atoms with Crippen molar-refractivity contribution in [2.24, 2.45) is 5.10 Å². The van der Waals surface area contributed by atoms with Gasteiger partial charge in [0.25, 0.3) is 5.91 Å². The van der Waals surface area contributed by atoms with Gasteiger partial charge in [-0.25, -0.2) is 5.43 Å². The van der Waals surface area contributed by atoms with Gasteiger partial charge >= 0.3 is 0 Å². The van der Waals surface area contributed by atoms with E-state index in [1.54, 1.807) is 42.5 Å². The Hall–Kier alpha value is -2.47. The van der Waals surface area contributed by atoms with E-state index < -0.39 is 0 Å². The number of hydrogen-bond acceptors (Lipinski definition) is 4. The van der Waals surface area contributed by atoms with Crippen molar-refractivity contribution >= 4 is 34.6 Å². The molecule has 22 heavy (non-hydrogen) atoms. The number of amides is 2. The van der Waals surface area contributed by atoms with Gasteiger partial charge in [-0.1, -0.05) is 13.0 Å². The van der Waals surface area contributed by atoms with E-state index in [-0.39, 0.29) is 11.8 Å². The third kappa shape index (κ3) is 4.26. The number of hydrazone groups is 1. The average Bonchev–Trinajstić information content (AvgIpc) is 3.07. The van der Waals surface area contributed by atoms with Crippen molar-refractivity contribution in [1.82, 2.24) is 5.43 Å². The van der Waals surface area contributed by atoms with Gasteiger partial charge in [0.2, 0.25) is 5.91 Å². The molecule has 0 aliphatic carbocycles. The summed E-state index contributed by atoms with van der Waals surface area (Å²) in [5.41, 5.74) is 4.44. The first-order valence-corrected chi connectivity index (χ1v) is 7.76. The first kappa shape index (κ1) is 15.9. The summed E-state index contributed by atoms with van der Waals surface area (Å²) in [6.07, 6.45) is 0.416. The van der Waals surface area contributed by atoms with Gasteiger partial charge in [0, 0.05) is 22.5 Å². The molecule has 0 unspecified atom stereocenters. The quantitative estimate of drug-likeness (QED) is 0.657. The van der Waals surface area contributed by atoms with Crippen LogP contribution in [-0.4, -0.2) is 17.5 Å². The maximum atomic E-state index is 12.0. The minimum absolute atomic E-state index is 0.0617. The lowest BCUT2D eigenvalue weighted by atomic mass is 10.2. The van der Waals surface area contributed by atoms with Crippen LogP contribution < -0.4 is 10.7 Å². The average molecular weight is 315 g/mol. The van der Waals surface area contributed by atoms with E-state index in [1.807, 2.05) is 24.4 Å². The molecule has 1 aromatic carbocycles. The molecule has 5 nitrogen and oxygen atoms in total. The van der Waals surface area contributed by atoms with Gasteiger partial charge < -0.3 is 5.32 Å². The van der Waals surface area contributed by atoms with Gasteiger partial charge in [0.1, 0.15) is 0 Å². The van der Waals surface area contributed by atoms with Gasteiger partial charge in [0.05, 0.1) is 5.71 Å². The topological polar surface area (TPSA) is 70.6 Å². The number of anilines is 1. The predicted molar refractivity (Wildman–Crippen MR) is 89.4 cm³/mol. The molecule has 2 rings (SSSR count). The first-order chi connectivity index (χ1) is 10.6. The van der Waals surface area contributed by atoms with Gasteiger partial charge in [-0.05, 0) is 42.6 Å². The van der Waals surface area contributed by atoms with Crippen LogP contribution in [0.4, 0.5) is 5.69 Å². The Morgan fingerprint density at radius 2 is 1.91 bits per heavy atom. The normalized spacial score (nSPS) is 11.1. The standard InChI is InChI=1S/C16H17N3O2S/c1-3-15(20)17-13-8-6-12(7-9-13)16(21)19-18-11(2)14-5-4-10-22-14/h4-10H,3H2,1-2H3,(H,17,20)(H,19,21)/b18-11-. The van der Waals surface area contributed by atoms with Gasteiger partial charge in [-0.3, -0.25) is 9.59 Å². The van der Waals surface area contributed by atoms with Crippen LogP contribution in [0.25, 0.3) is 0 Å². The highest BCUT2D eigenvalue weighted by Gasteiger charge is 2.06. The number of nitrogens with one attached hydrogen (secondary N) is 2. The third-order valence-corrected chi connectivity index (χ3v) is 3.93. The van der Waals surface area contributed by atoms with Gasteiger partial charge in [-0.2, -0.15) is 5.10 Å². The van der Waals surface area contributed by atoms with E-state index in [0.29, 0.717) is 17.7 Å². The number of benzene rings is 1. The molecule has 0 saturated heterocycles. The zero-order chi connectivity index (χ0) is 15.9. The summed E-state index contributed by atoms with van der Waals surface area (Å²) < 4.78 is 0. The van der Waals surface area contributed by atoms with Crippen LogP contribution in [0, 0.1) is 0 Å². The van der Waals surface area contributed by atoms with Crippen molar-refractivity contribution in [1.29, 1.82) is 0 Å². The largest absolute Gasteiger partial charge is 0.326 e. The number of nitrogens with zero attached hydrogens (tertiary/aromatic N) is 1. The molecule has 2 amide bonds. The second kappa shape index (κ2) is 7.51. The summed E-state index contributed by atoms with van der Waals surface area (Å²) >= 11 is 1.57. The first-order valence-electron chi connectivity index (χ1n) is 6.88. The van der Waals surface area contributed by atoms with Crippen LogP contribution in [0.15, 0.2) is 46.9 Å². The third-order valence-electron chi connectivity index (χ3n) is 2.95. The Bertz CT molecular complexity index is 676. The summed E-state index contributed by atoms with van der Waals surface area (Å²) in [4.78, 5) is 24.3. The number of carbonyl (C=O) groups excluding carboxylic acids is 2. The fraction of sp³-hybridized carbons (Fsp3) is 0.188. The predicted octanol–water partition coefficient (Wildman–Crippen LogP) is 3.25. The van der Waals surface area contributed by atoms with Crippen LogP contribution in [0.1, 0.15) is 35.5 Å². The molecule has 0 atom stereocenters. The molecular weight excluding hydrogens is 298 g/mol. The van der Waals surface area contributed by atoms with E-state index in [1.165, 1.54) is 0 Å². The minimum Gasteiger partial charge on any atom is -0.326 e. The Morgan fingerprint density at radius 1 is 1.18 bits per heavy atom. The zero-order valence-electron chi connectivity index (χ0n) is 12.4. The van der Waals surface area contributed by atoms with Crippen molar-refractivity contribution in [2.45, 2.75) is 20.3 Å². The lowest BCUT2D eigenvalue weighted by Gasteiger charge is -2.05. The van der Waals surface area contributed by atoms with Crippen molar-refractivity contribution in [3.05, 3.63) is 52.2 Å². The second-order valence-electron chi connectivity index (χ2n) is 4.59. The Balaban J connectivity index is 1.98. The molecule has 0 bridgehead atoms. The van der Waals surface area contributed by atoms with Crippen LogP contribution in [-0.2, 0) is 4.79 Å². The van der Waals surface area contributed by atoms with Crippen molar-refractivity contribution in [3.63, 3.8) is 0 Å². The van der Waals surface area contributed by atoms with E-state index in [0.717, 1.165) is 10.6 Å². The summed E-state index contributed by atoms with van der Waals surface area (Å²) in [6, 6.07) is 10.6. The SMILES string of the molecule is CCC(=O)Nc1ccc(C(=O)N/N=C(/C)c2cccs2)cc1. The van der Waals surface area contributed by atoms with Gasteiger partial charge in [-0.15, -0.1) is 11.3 Å². The fourth-order valence-corrected chi connectivity index (χ4v) is 2.37. The smallest absolute Gasteiger partial charge is 0.271 e. The molecule has 2 N–H and O–H groups in total. The molecule has 1 aromatic heterocycles. The van der Waals surface area contributed by atoms with E-state index in [4.69, 9.17) is 0 Å². The number of hydrogen-bond donors (Lipinski definition) is 2. The van der Waals surface area contributed by atoms with Crippen LogP contribution >= 0.6 is 11.3 Å². The van der Waals surface area contributed by atoms with Crippen LogP contribution in [0.2, 0.25) is 0 Å². The summed E-state index contributed by atoms with van der Waals surface area (Å²) in [5.74, 6) is -0.349. The maximum Gasteiger partial charge on any atom is 0.271 e. The molecule has 0 saturated carbocycles. The highest BCUT2D eigenvalue weighted by Crippen LogP contribution is 2.11. The molecule has 1 heterocycles. The molecule has 6 heteroatoms. The molecule has 0 spiro atoms. The lowest BCUT2D eigenvalue weighted by Crippen LogP contribution is -2.19. The molecule has 114 valence electrons. The fourth-order valence-electron chi connectivity index (χ4n) is 1.69. The maximum absolute atomic E-state index is 12.0. The van der Waals surface area contributed by atoms with Crippen molar-refractivity contribution < 1.29 is 9.59 Å². The van der Waals surface area contributed by atoms with Crippen LogP contribution in [0.5, 0.6) is 0 Å². The van der Waals surface area contributed by atoms with Gasteiger partial charge in [0.15, 0.2) is 0 Å². The molecule has 0 radical (unpaired) electrons. The summed E-state index contributed by atoms with van der Waals surface area (Å²) in [5, 5.41) is 8.77. The molecule has 0 fully saturated rings. The molecule has 0 aliphatic rings. The second-order valence-corrected chi connectivity index (χ2v) is 5.54. The minimum atomic E-state index is -0.288. The lowest BCUT2D eigenvalue weighted by molar-refractivity contribution is -0.115. The summed E-state index contributed by atoms with van der Waals surface area (Å²) in [7, 11) is 0. The van der Waals surface area contributed by atoms with E-state index in [2.05, 4.69) is 15.8 Å². The van der Waals surface area contributed by atoms with Crippen LogP contribution in [0.3, 0.4) is 0 Å². The zero-order valence-corrected chi connectivity index (χ0v) is 13.2.